The average molecular weight is 967 g/mol. The van der Waals surface area contributed by atoms with Crippen LogP contribution >= 0.6 is 7.60 Å². The summed E-state index contributed by atoms with van der Waals surface area (Å²) in [6, 6.07) is 11.5. The van der Waals surface area contributed by atoms with Gasteiger partial charge < -0.3 is 37.4 Å². The molecule has 2 unspecified atom stereocenters. The van der Waals surface area contributed by atoms with Crippen molar-refractivity contribution in [3.8, 4) is 11.4 Å². The lowest BCUT2D eigenvalue weighted by Gasteiger charge is -2.25. The molecule has 1 aromatic carbocycles. The van der Waals surface area contributed by atoms with Crippen LogP contribution in [-0.4, -0.2) is 96.6 Å². The summed E-state index contributed by atoms with van der Waals surface area (Å²) in [6.45, 7) is 3.54. The summed E-state index contributed by atoms with van der Waals surface area (Å²) >= 11 is 0. The van der Waals surface area contributed by atoms with E-state index >= 15 is 0 Å². The molecule has 0 spiro atoms. The van der Waals surface area contributed by atoms with E-state index in [1.165, 1.54) is 77.0 Å². The zero-order valence-electron chi connectivity index (χ0n) is 41.7. The predicted molar refractivity (Wildman–Crippen MR) is 265 cm³/mol. The maximum absolute atomic E-state index is 13.6. The van der Waals surface area contributed by atoms with Crippen molar-refractivity contribution in [2.24, 2.45) is 0 Å². The van der Waals surface area contributed by atoms with Crippen LogP contribution in [0.3, 0.4) is 0 Å². The number of cyclic esters (lactones) is 1. The Morgan fingerprint density at radius 3 is 2.06 bits per heavy atom. The molecule has 15 heteroatoms. The number of fused-ring (bicyclic) bond motifs is 5. The van der Waals surface area contributed by atoms with Gasteiger partial charge in [-0.1, -0.05) is 134 Å². The highest BCUT2D eigenvalue weighted by Gasteiger charge is 2.37. The lowest BCUT2D eigenvalue weighted by atomic mass is 10.00. The molecule has 0 aliphatic carbocycles. The first-order valence-corrected chi connectivity index (χ1v) is 27.6. The number of hydrogen-bond donors (Lipinski definition) is 1. The molecule has 14 nitrogen and oxygen atoms in total. The van der Waals surface area contributed by atoms with Gasteiger partial charge in [-0.3, -0.25) is 18.9 Å². The summed E-state index contributed by atoms with van der Waals surface area (Å²) in [5.74, 6) is -1.70. The second-order valence-electron chi connectivity index (χ2n) is 19.9. The third kappa shape index (κ3) is 18.8. The summed E-state index contributed by atoms with van der Waals surface area (Å²) in [4.78, 5) is 67.8. The number of quaternary nitrogens is 1. The third-order valence-electron chi connectivity index (χ3n) is 12.9. The Bertz CT molecular complexity index is 2170. The van der Waals surface area contributed by atoms with Crippen LogP contribution in [0.15, 0.2) is 41.2 Å². The molecule has 3 aromatic rings. The van der Waals surface area contributed by atoms with Gasteiger partial charge in [0.2, 0.25) is 6.10 Å². The molecule has 2 aliphatic heterocycles. The smallest absolute Gasteiger partial charge is 0.352 e. The minimum Gasteiger partial charge on any atom is -0.458 e. The number of rotatable bonds is 35. The number of benzene rings is 1. The zero-order chi connectivity index (χ0) is 48.8. The topological polar surface area (TPSA) is 170 Å². The van der Waals surface area contributed by atoms with Crippen molar-refractivity contribution in [2.45, 2.75) is 180 Å². The first kappa shape index (κ1) is 55.0. The number of aromatic nitrogens is 2. The number of para-hydroxylation sites is 1. The Kier molecular flexibility index (Phi) is 23.2. The van der Waals surface area contributed by atoms with E-state index in [-0.39, 0.29) is 44.4 Å². The molecule has 1 N–H and O–H groups in total. The maximum atomic E-state index is 13.6. The van der Waals surface area contributed by atoms with Crippen LogP contribution in [0, 0.1) is 0 Å². The van der Waals surface area contributed by atoms with E-state index in [9.17, 15) is 28.6 Å². The van der Waals surface area contributed by atoms with Crippen LogP contribution in [0.1, 0.15) is 177 Å². The lowest BCUT2D eigenvalue weighted by molar-refractivity contribution is -0.870. The molecule has 4 heterocycles. The Labute approximate surface area is 404 Å². The summed E-state index contributed by atoms with van der Waals surface area (Å²) < 4.78 is 43.2. The van der Waals surface area contributed by atoms with Crippen molar-refractivity contribution in [1.29, 1.82) is 0 Å². The number of esters is 3. The van der Waals surface area contributed by atoms with Gasteiger partial charge in [0.15, 0.2) is 0 Å². The van der Waals surface area contributed by atoms with Crippen molar-refractivity contribution >= 4 is 36.4 Å². The molecule has 2 aromatic heterocycles. The number of carbonyl (C=O) groups is 3. The fourth-order valence-electron chi connectivity index (χ4n) is 8.99. The van der Waals surface area contributed by atoms with Crippen molar-refractivity contribution in [3.05, 3.63) is 63.4 Å². The van der Waals surface area contributed by atoms with Crippen LogP contribution in [0.5, 0.6) is 0 Å². The maximum Gasteiger partial charge on any atom is 0.352 e. The van der Waals surface area contributed by atoms with Crippen molar-refractivity contribution in [1.82, 2.24) is 9.55 Å². The molecule has 0 saturated carbocycles. The molecule has 5 rings (SSSR count). The summed E-state index contributed by atoms with van der Waals surface area (Å²) in [5.41, 5.74) is 3.27. The van der Waals surface area contributed by atoms with Crippen LogP contribution in [0.4, 0.5) is 0 Å². The van der Waals surface area contributed by atoms with Gasteiger partial charge >= 0.3 is 25.5 Å². The van der Waals surface area contributed by atoms with Gasteiger partial charge in [-0.05, 0) is 37.5 Å². The first-order chi connectivity index (χ1) is 32.7. The average Bonchev–Trinajstić information content (AvgIpc) is 3.65. The highest BCUT2D eigenvalue weighted by atomic mass is 31.2. The third-order valence-corrected chi connectivity index (χ3v) is 14.3. The van der Waals surface area contributed by atoms with Crippen LogP contribution in [0.2, 0.25) is 0 Å². The number of unbranched alkanes of at least 4 members (excludes halogenated alkanes) is 18. The van der Waals surface area contributed by atoms with E-state index in [1.807, 2.05) is 51.5 Å². The predicted octanol–water partition coefficient (Wildman–Crippen LogP) is 10.9. The molecule has 2 aliphatic rings. The van der Waals surface area contributed by atoms with Gasteiger partial charge in [0.05, 0.1) is 76.1 Å². The van der Waals surface area contributed by atoms with Crippen molar-refractivity contribution in [2.75, 3.05) is 53.7 Å². The standard InChI is InChI=1S/C53H80N3O11P/c1-5-6-7-8-9-10-11-12-13-14-15-16-17-21-26-33-63-38-43(39-65-68(61,62)34-27-32-56(2,3)4)66-48(57)30-22-19-18-20-23-31-49(58)67-51-44-36-47-50-42(35-41-28-24-25-29-46(41)54-50)37-55(47)52(59)45(44)40-64-53(51)60/h24-25,28-29,35-36,43,51H,5-23,26-27,30-34,37-40H2,1-4H3/p+1/t43?,51-/m0/s1. The largest absolute Gasteiger partial charge is 0.458 e. The van der Waals surface area contributed by atoms with Crippen molar-refractivity contribution in [3.63, 3.8) is 0 Å². The van der Waals surface area contributed by atoms with Gasteiger partial charge in [-0.2, -0.15) is 0 Å². The lowest BCUT2D eigenvalue weighted by Crippen LogP contribution is -2.35. The number of nitrogens with zero attached hydrogens (tertiary/aromatic N) is 3. The molecule has 0 fully saturated rings. The van der Waals surface area contributed by atoms with Crippen LogP contribution < -0.4 is 5.56 Å². The summed E-state index contributed by atoms with van der Waals surface area (Å²) in [6.07, 6.45) is 21.1. The number of pyridine rings is 2. The quantitative estimate of drug-likeness (QED) is 0.0152. The molecule has 3 atom stereocenters. The Balaban J connectivity index is 0.975. The van der Waals surface area contributed by atoms with Gasteiger partial charge in [0.1, 0.15) is 12.7 Å². The van der Waals surface area contributed by atoms with Gasteiger partial charge in [-0.15, -0.1) is 0 Å². The Morgan fingerprint density at radius 1 is 0.809 bits per heavy atom. The molecule has 0 bridgehead atoms. The first-order valence-electron chi connectivity index (χ1n) is 25.8. The monoisotopic (exact) mass is 967 g/mol. The van der Waals surface area contributed by atoms with Gasteiger partial charge in [0, 0.05) is 42.4 Å². The molecule has 0 radical (unpaired) electrons. The molecule has 378 valence electrons. The fourth-order valence-corrected chi connectivity index (χ4v) is 10.1. The molecular weight excluding hydrogens is 886 g/mol. The summed E-state index contributed by atoms with van der Waals surface area (Å²) in [5, 5.41) is 0.969. The van der Waals surface area contributed by atoms with E-state index in [0.717, 1.165) is 55.1 Å². The van der Waals surface area contributed by atoms with Crippen LogP contribution in [-0.2, 0) is 55.6 Å². The van der Waals surface area contributed by atoms with E-state index in [2.05, 4.69) is 6.92 Å². The van der Waals surface area contributed by atoms with E-state index in [4.69, 9.17) is 28.5 Å². The van der Waals surface area contributed by atoms with E-state index in [0.29, 0.717) is 65.8 Å². The molecule has 68 heavy (non-hydrogen) atoms. The summed E-state index contributed by atoms with van der Waals surface area (Å²) in [7, 11) is 2.20. The molecule has 0 saturated heterocycles. The Morgan fingerprint density at radius 2 is 1.41 bits per heavy atom. The van der Waals surface area contributed by atoms with E-state index in [1.54, 1.807) is 10.6 Å². The molecule has 0 amide bonds. The molecular formula is C53H81N3O11P+. The second-order valence-corrected chi connectivity index (χ2v) is 21.9. The second kappa shape index (κ2) is 28.7. The fraction of sp³-hybridized carbons (Fsp3) is 0.679. The minimum absolute atomic E-state index is 0.0242. The number of carbonyl (C=O) groups excluding carboxylic acids is 3. The van der Waals surface area contributed by atoms with Gasteiger partial charge in [0.25, 0.3) is 5.56 Å². The van der Waals surface area contributed by atoms with E-state index < -0.39 is 37.7 Å². The highest BCUT2D eigenvalue weighted by Crippen LogP contribution is 2.43. The minimum atomic E-state index is -3.88. The van der Waals surface area contributed by atoms with Crippen molar-refractivity contribution < 1.29 is 51.8 Å². The zero-order valence-corrected chi connectivity index (χ0v) is 42.5. The normalized spacial score (nSPS) is 15.6. The SMILES string of the molecule is CCCCCCCCCCCCCCCCCOCC(COP(=O)(O)CCC[N+](C)(C)C)OC(=O)CCCCCCCC(=O)O[C@@H]1C(=O)OCc2c1cc1n(c2=O)Cc2cc3ccccc3nc2-1. The Hall–Kier alpha value is -3.94. The number of ether oxygens (including phenoxy) is 4. The highest BCUT2D eigenvalue weighted by molar-refractivity contribution is 7.52. The van der Waals surface area contributed by atoms with Gasteiger partial charge in [-0.25, -0.2) is 9.78 Å². The number of hydrogen-bond acceptors (Lipinski definition) is 11. The van der Waals surface area contributed by atoms with Crippen LogP contribution in [0.25, 0.3) is 22.3 Å².